The number of nitrogens with one attached hydrogen (secondary N) is 2. The van der Waals surface area contributed by atoms with E-state index in [1.165, 1.54) is 18.5 Å². The molecule has 0 unspecified atom stereocenters. The number of hydrogen-bond acceptors (Lipinski definition) is 5. The van der Waals surface area contributed by atoms with Crippen molar-refractivity contribution >= 4 is 23.5 Å². The Hall–Kier alpha value is -3.22. The third kappa shape index (κ3) is 4.89. The van der Waals surface area contributed by atoms with Crippen molar-refractivity contribution in [3.8, 4) is 0 Å². The number of benzene rings is 1. The Morgan fingerprint density at radius 3 is 2.38 bits per heavy atom. The fourth-order valence-electron chi connectivity index (χ4n) is 2.21. The van der Waals surface area contributed by atoms with Gasteiger partial charge in [0.1, 0.15) is 0 Å². The van der Waals surface area contributed by atoms with Gasteiger partial charge in [-0.05, 0) is 39.0 Å². The molecule has 0 aliphatic rings. The largest absolute Gasteiger partial charge is 0.462 e. The Labute approximate surface area is 151 Å². The van der Waals surface area contributed by atoms with Gasteiger partial charge in [-0.25, -0.2) is 4.79 Å². The molecule has 2 amide bonds. The van der Waals surface area contributed by atoms with Crippen LogP contribution in [0.5, 0.6) is 0 Å². The van der Waals surface area contributed by atoms with Gasteiger partial charge in [0.25, 0.3) is 11.8 Å². The monoisotopic (exact) mass is 355 g/mol. The van der Waals surface area contributed by atoms with Gasteiger partial charge in [-0.1, -0.05) is 12.1 Å². The molecular formula is C19H21N3O4. The number of para-hydroxylation sites is 1. The summed E-state index contributed by atoms with van der Waals surface area (Å²) in [4.78, 5) is 40.5. The van der Waals surface area contributed by atoms with Crippen LogP contribution < -0.4 is 10.6 Å². The molecule has 0 fully saturated rings. The molecule has 7 heteroatoms. The van der Waals surface area contributed by atoms with E-state index in [1.807, 2.05) is 13.8 Å². The number of hydrogen-bond donors (Lipinski definition) is 2. The Bertz CT molecular complexity index is 818. The topological polar surface area (TPSA) is 97.4 Å². The van der Waals surface area contributed by atoms with E-state index in [-0.39, 0.29) is 35.2 Å². The Morgan fingerprint density at radius 2 is 1.73 bits per heavy atom. The van der Waals surface area contributed by atoms with Crippen LogP contribution in [0.3, 0.4) is 0 Å². The standard InChI is InChI=1S/C19H21N3O4/c1-4-26-19(25)15-7-5-6-8-16(15)22-18(24)14-9-13(10-20-11-14)17(23)21-12(2)3/h5-12H,4H2,1-3H3,(H,21,23)(H,22,24). The van der Waals surface area contributed by atoms with E-state index in [2.05, 4.69) is 15.6 Å². The molecular weight excluding hydrogens is 334 g/mol. The van der Waals surface area contributed by atoms with Crippen molar-refractivity contribution in [3.05, 3.63) is 59.4 Å². The first-order valence-corrected chi connectivity index (χ1v) is 8.25. The summed E-state index contributed by atoms with van der Waals surface area (Å²) in [6, 6.07) is 7.97. The number of nitrogens with zero attached hydrogens (tertiary/aromatic N) is 1. The predicted octanol–water partition coefficient (Wildman–Crippen LogP) is 2.65. The highest BCUT2D eigenvalue weighted by molar-refractivity contribution is 6.08. The van der Waals surface area contributed by atoms with Crippen LogP contribution in [0, 0.1) is 0 Å². The molecule has 0 aliphatic heterocycles. The molecule has 7 nitrogen and oxygen atoms in total. The van der Waals surface area contributed by atoms with Crippen molar-refractivity contribution in [1.82, 2.24) is 10.3 Å². The Morgan fingerprint density at radius 1 is 1.08 bits per heavy atom. The first kappa shape index (κ1) is 19.1. The Balaban J connectivity index is 2.21. The van der Waals surface area contributed by atoms with Gasteiger partial charge in [0.2, 0.25) is 0 Å². The highest BCUT2D eigenvalue weighted by Crippen LogP contribution is 2.17. The maximum Gasteiger partial charge on any atom is 0.340 e. The molecule has 2 aromatic rings. The molecule has 0 atom stereocenters. The quantitative estimate of drug-likeness (QED) is 0.777. The van der Waals surface area contributed by atoms with Crippen LogP contribution in [0.4, 0.5) is 5.69 Å². The average molecular weight is 355 g/mol. The lowest BCUT2D eigenvalue weighted by Crippen LogP contribution is -2.30. The van der Waals surface area contributed by atoms with E-state index >= 15 is 0 Å². The molecule has 0 saturated carbocycles. The first-order valence-electron chi connectivity index (χ1n) is 8.25. The predicted molar refractivity (Wildman–Crippen MR) is 97.2 cm³/mol. The van der Waals surface area contributed by atoms with Crippen molar-refractivity contribution < 1.29 is 19.1 Å². The van der Waals surface area contributed by atoms with Gasteiger partial charge in [-0.15, -0.1) is 0 Å². The number of esters is 1. The van der Waals surface area contributed by atoms with Gasteiger partial charge >= 0.3 is 5.97 Å². The van der Waals surface area contributed by atoms with Crippen molar-refractivity contribution in [2.75, 3.05) is 11.9 Å². The molecule has 1 aromatic heterocycles. The lowest BCUT2D eigenvalue weighted by atomic mass is 10.1. The fourth-order valence-corrected chi connectivity index (χ4v) is 2.21. The summed E-state index contributed by atoms with van der Waals surface area (Å²) in [5.41, 5.74) is 1.07. The summed E-state index contributed by atoms with van der Waals surface area (Å²) >= 11 is 0. The molecule has 136 valence electrons. The van der Waals surface area contributed by atoms with E-state index < -0.39 is 11.9 Å². The van der Waals surface area contributed by atoms with Crippen molar-refractivity contribution in [2.45, 2.75) is 26.8 Å². The van der Waals surface area contributed by atoms with Crippen LogP contribution in [0.1, 0.15) is 51.8 Å². The molecule has 0 radical (unpaired) electrons. The number of amides is 2. The van der Waals surface area contributed by atoms with Crippen molar-refractivity contribution in [1.29, 1.82) is 0 Å². The van der Waals surface area contributed by atoms with Crippen LogP contribution in [-0.2, 0) is 4.74 Å². The first-order chi connectivity index (χ1) is 12.4. The van der Waals surface area contributed by atoms with E-state index in [4.69, 9.17) is 4.74 Å². The van der Waals surface area contributed by atoms with Gasteiger partial charge in [0.05, 0.1) is 29.0 Å². The molecule has 26 heavy (non-hydrogen) atoms. The number of aromatic nitrogens is 1. The summed E-state index contributed by atoms with van der Waals surface area (Å²) in [7, 11) is 0. The second-order valence-electron chi connectivity index (χ2n) is 5.81. The lowest BCUT2D eigenvalue weighted by molar-refractivity contribution is 0.0527. The lowest BCUT2D eigenvalue weighted by Gasteiger charge is -2.11. The van der Waals surface area contributed by atoms with Crippen molar-refractivity contribution in [2.24, 2.45) is 0 Å². The molecule has 0 bridgehead atoms. The number of carbonyl (C=O) groups is 3. The van der Waals surface area contributed by atoms with Crippen LogP contribution in [-0.4, -0.2) is 35.4 Å². The summed E-state index contributed by atoms with van der Waals surface area (Å²) in [5, 5.41) is 5.40. The molecule has 2 rings (SSSR count). The zero-order valence-corrected chi connectivity index (χ0v) is 14.9. The van der Waals surface area contributed by atoms with Crippen LogP contribution in [0.2, 0.25) is 0 Å². The minimum Gasteiger partial charge on any atom is -0.462 e. The third-order valence-electron chi connectivity index (χ3n) is 3.35. The molecule has 0 spiro atoms. The average Bonchev–Trinajstić information content (AvgIpc) is 2.62. The molecule has 0 saturated heterocycles. The summed E-state index contributed by atoms with van der Waals surface area (Å²) < 4.78 is 4.99. The zero-order valence-electron chi connectivity index (χ0n) is 14.9. The minimum atomic E-state index is -0.522. The zero-order chi connectivity index (χ0) is 19.1. The van der Waals surface area contributed by atoms with Crippen LogP contribution in [0.25, 0.3) is 0 Å². The highest BCUT2D eigenvalue weighted by Gasteiger charge is 2.16. The summed E-state index contributed by atoms with van der Waals surface area (Å²) in [5.74, 6) is -1.31. The van der Waals surface area contributed by atoms with E-state index in [1.54, 1.807) is 31.2 Å². The van der Waals surface area contributed by atoms with Gasteiger partial charge < -0.3 is 15.4 Å². The van der Waals surface area contributed by atoms with E-state index in [9.17, 15) is 14.4 Å². The van der Waals surface area contributed by atoms with E-state index in [0.717, 1.165) is 0 Å². The Kier molecular flexibility index (Phi) is 6.43. The molecule has 1 aromatic carbocycles. The molecule has 1 heterocycles. The normalized spacial score (nSPS) is 10.3. The fraction of sp³-hybridized carbons (Fsp3) is 0.263. The van der Waals surface area contributed by atoms with Gasteiger partial charge in [0, 0.05) is 18.4 Å². The summed E-state index contributed by atoms with van der Waals surface area (Å²) in [6.07, 6.45) is 2.75. The summed E-state index contributed by atoms with van der Waals surface area (Å²) in [6.45, 7) is 5.62. The molecule has 0 aliphatic carbocycles. The van der Waals surface area contributed by atoms with Gasteiger partial charge in [0.15, 0.2) is 0 Å². The van der Waals surface area contributed by atoms with Gasteiger partial charge in [-0.3, -0.25) is 14.6 Å². The second kappa shape index (κ2) is 8.75. The number of ether oxygens (including phenoxy) is 1. The number of pyridine rings is 1. The SMILES string of the molecule is CCOC(=O)c1ccccc1NC(=O)c1cncc(C(=O)NC(C)C)c1. The van der Waals surface area contributed by atoms with Crippen LogP contribution in [0.15, 0.2) is 42.7 Å². The number of carbonyl (C=O) groups excluding carboxylic acids is 3. The van der Waals surface area contributed by atoms with Gasteiger partial charge in [-0.2, -0.15) is 0 Å². The van der Waals surface area contributed by atoms with E-state index in [0.29, 0.717) is 5.69 Å². The maximum atomic E-state index is 12.5. The van der Waals surface area contributed by atoms with Crippen molar-refractivity contribution in [3.63, 3.8) is 0 Å². The number of rotatable bonds is 6. The molecule has 2 N–H and O–H groups in total. The maximum absolute atomic E-state index is 12.5. The smallest absolute Gasteiger partial charge is 0.340 e. The second-order valence-corrected chi connectivity index (χ2v) is 5.81. The minimum absolute atomic E-state index is 0.0311. The highest BCUT2D eigenvalue weighted by atomic mass is 16.5. The number of anilines is 1. The third-order valence-corrected chi connectivity index (χ3v) is 3.35. The van der Waals surface area contributed by atoms with Crippen LogP contribution >= 0.6 is 0 Å².